The summed E-state index contributed by atoms with van der Waals surface area (Å²) in [6.45, 7) is 2.23. The van der Waals surface area contributed by atoms with E-state index in [1.807, 2.05) is 12.1 Å². The molecule has 0 unspecified atom stereocenters. The van der Waals surface area contributed by atoms with Crippen molar-refractivity contribution < 1.29 is 4.79 Å². The molecule has 1 amide bonds. The first-order valence-electron chi connectivity index (χ1n) is 5.17. The van der Waals surface area contributed by atoms with E-state index >= 15 is 0 Å². The van der Waals surface area contributed by atoms with Crippen LogP contribution in [-0.2, 0) is 11.3 Å². The molecule has 2 rings (SSSR count). The molecule has 2 aromatic rings. The van der Waals surface area contributed by atoms with Gasteiger partial charge in [-0.25, -0.2) is 0 Å². The van der Waals surface area contributed by atoms with Crippen LogP contribution in [-0.4, -0.2) is 11.9 Å². The van der Waals surface area contributed by atoms with Crippen LogP contribution < -0.4 is 11.1 Å². The Bertz CT molecular complexity index is 510. The molecule has 0 aliphatic heterocycles. The minimum absolute atomic E-state index is 0. The fourth-order valence-electron chi connectivity index (χ4n) is 1.51. The molecule has 1 aromatic heterocycles. The standard InChI is InChI=1S/C12H14N2OS.ClH/c1-8(13)12(15)14-6-9-7-16-11-5-3-2-4-10(9)11;/h2-5,7-8H,6,13H2,1H3,(H,14,15);1H/t8-;/m1./s1. The number of carbonyl (C=O) groups is 1. The number of fused-ring (bicyclic) bond motifs is 1. The molecule has 17 heavy (non-hydrogen) atoms. The lowest BCUT2D eigenvalue weighted by atomic mass is 10.2. The molecule has 0 aliphatic carbocycles. The fourth-order valence-corrected chi connectivity index (χ4v) is 2.48. The Morgan fingerprint density at radius 1 is 1.47 bits per heavy atom. The van der Waals surface area contributed by atoms with Crippen molar-refractivity contribution in [2.75, 3.05) is 0 Å². The quantitative estimate of drug-likeness (QED) is 0.899. The molecule has 5 heteroatoms. The van der Waals surface area contributed by atoms with Gasteiger partial charge in [-0.1, -0.05) is 18.2 Å². The molecule has 0 aliphatic rings. The second-order valence-corrected chi connectivity index (χ2v) is 4.67. The van der Waals surface area contributed by atoms with Gasteiger partial charge < -0.3 is 11.1 Å². The van der Waals surface area contributed by atoms with Crippen molar-refractivity contribution in [2.45, 2.75) is 19.5 Å². The molecule has 0 saturated heterocycles. The van der Waals surface area contributed by atoms with E-state index in [1.54, 1.807) is 18.3 Å². The number of halogens is 1. The molecule has 0 saturated carbocycles. The van der Waals surface area contributed by atoms with Gasteiger partial charge in [0.15, 0.2) is 0 Å². The Kier molecular flexibility index (Phi) is 4.93. The topological polar surface area (TPSA) is 55.1 Å². The summed E-state index contributed by atoms with van der Waals surface area (Å²) in [4.78, 5) is 11.3. The highest BCUT2D eigenvalue weighted by atomic mass is 35.5. The Balaban J connectivity index is 0.00000144. The lowest BCUT2D eigenvalue weighted by Gasteiger charge is -2.06. The lowest BCUT2D eigenvalue weighted by Crippen LogP contribution is -2.37. The third-order valence-electron chi connectivity index (χ3n) is 2.43. The fraction of sp³-hybridized carbons (Fsp3) is 0.250. The van der Waals surface area contributed by atoms with Gasteiger partial charge >= 0.3 is 0 Å². The van der Waals surface area contributed by atoms with Gasteiger partial charge in [-0.05, 0) is 29.3 Å². The normalized spacial score (nSPS) is 11.9. The average molecular weight is 271 g/mol. The van der Waals surface area contributed by atoms with Crippen molar-refractivity contribution >= 4 is 39.7 Å². The highest BCUT2D eigenvalue weighted by Crippen LogP contribution is 2.25. The first kappa shape index (κ1) is 14.0. The second-order valence-electron chi connectivity index (χ2n) is 3.76. The number of nitrogens with one attached hydrogen (secondary N) is 1. The Hall–Kier alpha value is -1.10. The summed E-state index contributed by atoms with van der Waals surface area (Å²) in [7, 11) is 0. The van der Waals surface area contributed by atoms with Crippen molar-refractivity contribution in [3.05, 3.63) is 35.2 Å². The monoisotopic (exact) mass is 270 g/mol. The lowest BCUT2D eigenvalue weighted by molar-refractivity contribution is -0.122. The maximum atomic E-state index is 11.3. The number of rotatable bonds is 3. The first-order valence-corrected chi connectivity index (χ1v) is 6.05. The molecule has 92 valence electrons. The molecule has 0 fully saturated rings. The zero-order valence-electron chi connectivity index (χ0n) is 9.47. The van der Waals surface area contributed by atoms with Crippen LogP contribution in [0.5, 0.6) is 0 Å². The van der Waals surface area contributed by atoms with Gasteiger partial charge in [-0.15, -0.1) is 23.7 Å². The number of benzene rings is 1. The minimum atomic E-state index is -0.454. The molecule has 0 spiro atoms. The summed E-state index contributed by atoms with van der Waals surface area (Å²) in [6.07, 6.45) is 0. The molecule has 3 N–H and O–H groups in total. The minimum Gasteiger partial charge on any atom is -0.351 e. The zero-order valence-corrected chi connectivity index (χ0v) is 11.1. The molecule has 1 aromatic carbocycles. The van der Waals surface area contributed by atoms with Crippen LogP contribution in [0.3, 0.4) is 0 Å². The Morgan fingerprint density at radius 3 is 2.88 bits per heavy atom. The summed E-state index contributed by atoms with van der Waals surface area (Å²) >= 11 is 1.69. The van der Waals surface area contributed by atoms with E-state index < -0.39 is 6.04 Å². The van der Waals surface area contributed by atoms with Gasteiger partial charge in [0.1, 0.15) is 0 Å². The van der Waals surface area contributed by atoms with E-state index in [9.17, 15) is 4.79 Å². The van der Waals surface area contributed by atoms with E-state index in [-0.39, 0.29) is 18.3 Å². The highest BCUT2D eigenvalue weighted by Gasteiger charge is 2.08. The maximum Gasteiger partial charge on any atom is 0.236 e. The molecule has 0 radical (unpaired) electrons. The summed E-state index contributed by atoms with van der Waals surface area (Å²) < 4.78 is 1.24. The van der Waals surface area contributed by atoms with Gasteiger partial charge in [0.2, 0.25) is 5.91 Å². The van der Waals surface area contributed by atoms with Crippen LogP contribution in [0.25, 0.3) is 10.1 Å². The van der Waals surface area contributed by atoms with Gasteiger partial charge in [-0.3, -0.25) is 4.79 Å². The van der Waals surface area contributed by atoms with Crippen molar-refractivity contribution in [3.8, 4) is 0 Å². The largest absolute Gasteiger partial charge is 0.351 e. The van der Waals surface area contributed by atoms with E-state index in [4.69, 9.17) is 5.73 Å². The van der Waals surface area contributed by atoms with Crippen molar-refractivity contribution in [1.29, 1.82) is 0 Å². The molecule has 3 nitrogen and oxygen atoms in total. The van der Waals surface area contributed by atoms with Gasteiger partial charge in [0.05, 0.1) is 6.04 Å². The van der Waals surface area contributed by atoms with Crippen LogP contribution >= 0.6 is 23.7 Å². The number of hydrogen-bond acceptors (Lipinski definition) is 3. The Labute approximate surface area is 110 Å². The first-order chi connectivity index (χ1) is 7.68. The van der Waals surface area contributed by atoms with Gasteiger partial charge in [0, 0.05) is 11.2 Å². The summed E-state index contributed by atoms with van der Waals surface area (Å²) in [5.74, 6) is -0.115. The van der Waals surface area contributed by atoms with E-state index in [1.165, 1.54) is 10.1 Å². The molecule has 0 bridgehead atoms. The van der Waals surface area contributed by atoms with Crippen molar-refractivity contribution in [2.24, 2.45) is 5.73 Å². The van der Waals surface area contributed by atoms with Crippen LogP contribution in [0.2, 0.25) is 0 Å². The predicted octanol–water partition coefficient (Wildman–Crippen LogP) is 2.29. The second kappa shape index (κ2) is 6.00. The molecular weight excluding hydrogens is 256 g/mol. The summed E-state index contributed by atoms with van der Waals surface area (Å²) in [5.41, 5.74) is 6.63. The summed E-state index contributed by atoms with van der Waals surface area (Å²) in [5, 5.41) is 6.10. The maximum absolute atomic E-state index is 11.3. The third-order valence-corrected chi connectivity index (χ3v) is 3.44. The van der Waals surface area contributed by atoms with Crippen molar-refractivity contribution in [3.63, 3.8) is 0 Å². The molecule has 1 heterocycles. The zero-order chi connectivity index (χ0) is 11.5. The highest BCUT2D eigenvalue weighted by molar-refractivity contribution is 7.17. The number of thiophene rings is 1. The van der Waals surface area contributed by atoms with Gasteiger partial charge in [0.25, 0.3) is 0 Å². The van der Waals surface area contributed by atoms with E-state index in [2.05, 4.69) is 22.8 Å². The van der Waals surface area contributed by atoms with Crippen LogP contribution in [0.4, 0.5) is 0 Å². The molecular formula is C12H15ClN2OS. The summed E-state index contributed by atoms with van der Waals surface area (Å²) in [6, 6.07) is 7.72. The average Bonchev–Trinajstić information content (AvgIpc) is 2.69. The predicted molar refractivity (Wildman–Crippen MR) is 74.6 cm³/mol. The van der Waals surface area contributed by atoms with Crippen LogP contribution in [0.1, 0.15) is 12.5 Å². The van der Waals surface area contributed by atoms with Crippen molar-refractivity contribution in [1.82, 2.24) is 5.32 Å². The SMILES string of the molecule is C[C@@H](N)C(=O)NCc1csc2ccccc12.Cl. The van der Waals surface area contributed by atoms with E-state index in [0.29, 0.717) is 6.54 Å². The molecule has 1 atom stereocenters. The number of nitrogens with two attached hydrogens (primary N) is 1. The van der Waals surface area contributed by atoms with Gasteiger partial charge in [-0.2, -0.15) is 0 Å². The van der Waals surface area contributed by atoms with Crippen LogP contribution in [0.15, 0.2) is 29.6 Å². The van der Waals surface area contributed by atoms with E-state index in [0.717, 1.165) is 5.56 Å². The smallest absolute Gasteiger partial charge is 0.236 e. The Morgan fingerprint density at radius 2 is 2.18 bits per heavy atom. The third kappa shape index (κ3) is 3.19. The van der Waals surface area contributed by atoms with Crippen LogP contribution in [0, 0.1) is 0 Å². The number of hydrogen-bond donors (Lipinski definition) is 2. The number of amides is 1. The number of carbonyl (C=O) groups excluding carboxylic acids is 1.